The zero-order valence-corrected chi connectivity index (χ0v) is 11.3. The number of urea groups is 1. The van der Waals surface area contributed by atoms with Crippen LogP contribution in [0.15, 0.2) is 0 Å². The zero-order valence-electron chi connectivity index (χ0n) is 11.3. The van der Waals surface area contributed by atoms with Crippen LogP contribution in [0.1, 0.15) is 40.0 Å². The molecule has 0 radical (unpaired) electrons. The van der Waals surface area contributed by atoms with E-state index < -0.39 is 12.0 Å². The van der Waals surface area contributed by atoms with E-state index in [9.17, 15) is 9.59 Å². The lowest BCUT2D eigenvalue weighted by molar-refractivity contribution is -0.138. The van der Waals surface area contributed by atoms with Crippen LogP contribution in [0.2, 0.25) is 0 Å². The van der Waals surface area contributed by atoms with E-state index in [4.69, 9.17) is 11.5 Å². The van der Waals surface area contributed by atoms with Crippen molar-refractivity contribution in [1.82, 2.24) is 10.2 Å². The van der Waals surface area contributed by atoms with Gasteiger partial charge in [-0.2, -0.15) is 0 Å². The number of carboxylic acids is 1. The number of nitrogens with zero attached hydrogens (tertiary/aromatic N) is 1. The number of nitrogens with one attached hydrogen (secondary N) is 1. The van der Waals surface area contributed by atoms with Gasteiger partial charge in [0.25, 0.3) is 0 Å². The topological polar surface area (TPSA) is 69.6 Å². The van der Waals surface area contributed by atoms with Crippen LogP contribution >= 0.6 is 0 Å². The fourth-order valence-electron chi connectivity index (χ4n) is 1.51. The molecule has 0 aliphatic rings. The molecule has 0 saturated heterocycles. The van der Waals surface area contributed by atoms with E-state index in [-0.39, 0.29) is 18.6 Å². The summed E-state index contributed by atoms with van der Waals surface area (Å²) < 4.78 is 0. The van der Waals surface area contributed by atoms with E-state index in [2.05, 4.69) is 11.2 Å². The summed E-state index contributed by atoms with van der Waals surface area (Å²) in [5.41, 5.74) is 0. The number of hydrogen-bond acceptors (Lipinski definition) is 2. The minimum absolute atomic E-state index is 0.138. The third kappa shape index (κ3) is 5.58. The lowest BCUT2D eigenvalue weighted by Gasteiger charge is -2.28. The highest BCUT2D eigenvalue weighted by Gasteiger charge is 2.22. The summed E-state index contributed by atoms with van der Waals surface area (Å²) in [6, 6.07) is -0.896. The van der Waals surface area contributed by atoms with Crippen molar-refractivity contribution in [1.29, 1.82) is 0 Å². The summed E-state index contributed by atoms with van der Waals surface area (Å²) in [4.78, 5) is 24.0. The average molecular weight is 254 g/mol. The summed E-state index contributed by atoms with van der Waals surface area (Å²) >= 11 is 0. The molecule has 0 spiro atoms. The lowest BCUT2D eigenvalue weighted by Crippen LogP contribution is -2.49. The van der Waals surface area contributed by atoms with Gasteiger partial charge in [0, 0.05) is 6.04 Å². The molecule has 2 amide bonds. The predicted octanol–water partition coefficient (Wildman–Crippen LogP) is 1.68. The summed E-state index contributed by atoms with van der Waals surface area (Å²) in [5, 5.41) is 11.5. The first-order valence-corrected chi connectivity index (χ1v) is 6.21. The number of hydrogen-bond donors (Lipinski definition) is 2. The first kappa shape index (κ1) is 16.3. The van der Waals surface area contributed by atoms with Crippen LogP contribution in [-0.4, -0.2) is 40.6 Å². The number of carbonyl (C=O) groups is 2. The van der Waals surface area contributed by atoms with Gasteiger partial charge in [0.15, 0.2) is 0 Å². The molecular formula is C13H22N2O3. The molecule has 0 aliphatic heterocycles. The first-order valence-electron chi connectivity index (χ1n) is 6.21. The van der Waals surface area contributed by atoms with E-state index in [1.54, 1.807) is 0 Å². The van der Waals surface area contributed by atoms with Crippen molar-refractivity contribution in [2.45, 2.75) is 52.1 Å². The van der Waals surface area contributed by atoms with Crippen molar-refractivity contribution in [3.05, 3.63) is 0 Å². The molecule has 0 bridgehead atoms. The Morgan fingerprint density at radius 2 is 2.06 bits per heavy atom. The molecule has 0 heterocycles. The number of rotatable bonds is 7. The highest BCUT2D eigenvalue weighted by molar-refractivity contribution is 5.80. The van der Waals surface area contributed by atoms with E-state index in [0.717, 1.165) is 6.42 Å². The van der Waals surface area contributed by atoms with Crippen LogP contribution in [-0.2, 0) is 4.79 Å². The molecule has 102 valence electrons. The largest absolute Gasteiger partial charge is 0.480 e. The molecule has 0 aromatic carbocycles. The van der Waals surface area contributed by atoms with Crippen LogP contribution in [0, 0.1) is 12.3 Å². The second-order valence-electron chi connectivity index (χ2n) is 4.24. The number of terminal acetylenes is 1. The third-order valence-corrected chi connectivity index (χ3v) is 2.77. The molecular weight excluding hydrogens is 232 g/mol. The molecule has 0 aliphatic carbocycles. The van der Waals surface area contributed by atoms with E-state index in [0.29, 0.717) is 12.8 Å². The number of carbonyl (C=O) groups excluding carboxylic acids is 1. The standard InChI is InChI=1S/C13H22N2O3/c1-5-8-11(7-3)14-13(18)15(9-12(16)17)10(4)6-2/h3,10-11H,5-6,8-9H2,1-2,4H3,(H,14,18)(H,16,17). The van der Waals surface area contributed by atoms with Crippen molar-refractivity contribution in [3.8, 4) is 12.3 Å². The Balaban J connectivity index is 4.64. The Kier molecular flexibility index (Phi) is 7.61. The molecule has 2 N–H and O–H groups in total. The van der Waals surface area contributed by atoms with E-state index in [1.807, 2.05) is 20.8 Å². The van der Waals surface area contributed by atoms with Gasteiger partial charge in [-0.3, -0.25) is 4.79 Å². The third-order valence-electron chi connectivity index (χ3n) is 2.77. The lowest BCUT2D eigenvalue weighted by atomic mass is 10.2. The van der Waals surface area contributed by atoms with Gasteiger partial charge >= 0.3 is 12.0 Å². The fraction of sp³-hybridized carbons (Fsp3) is 0.692. The van der Waals surface area contributed by atoms with Gasteiger partial charge in [0.1, 0.15) is 6.54 Å². The normalized spacial score (nSPS) is 13.2. The van der Waals surface area contributed by atoms with Crippen LogP contribution in [0.25, 0.3) is 0 Å². The Bertz CT molecular complexity index is 323. The predicted molar refractivity (Wildman–Crippen MR) is 70.2 cm³/mol. The second-order valence-corrected chi connectivity index (χ2v) is 4.24. The fourth-order valence-corrected chi connectivity index (χ4v) is 1.51. The van der Waals surface area contributed by atoms with Gasteiger partial charge < -0.3 is 15.3 Å². The average Bonchev–Trinajstić information content (AvgIpc) is 2.33. The summed E-state index contributed by atoms with van der Waals surface area (Å²) in [5.74, 6) is 1.46. The van der Waals surface area contributed by atoms with Crippen molar-refractivity contribution in [2.24, 2.45) is 0 Å². The molecule has 0 aromatic rings. The Labute approximate surface area is 109 Å². The SMILES string of the molecule is C#CC(CCC)NC(=O)N(CC(=O)O)C(C)CC. The first-order chi connectivity index (χ1) is 8.46. The van der Waals surface area contributed by atoms with Gasteiger partial charge in [-0.15, -0.1) is 6.42 Å². The van der Waals surface area contributed by atoms with Gasteiger partial charge in [-0.05, 0) is 19.8 Å². The van der Waals surface area contributed by atoms with Gasteiger partial charge in [-0.25, -0.2) is 4.79 Å². The van der Waals surface area contributed by atoms with Crippen LogP contribution in [0.5, 0.6) is 0 Å². The summed E-state index contributed by atoms with van der Waals surface area (Å²) in [7, 11) is 0. The van der Waals surface area contributed by atoms with Crippen molar-refractivity contribution in [3.63, 3.8) is 0 Å². The van der Waals surface area contributed by atoms with E-state index in [1.165, 1.54) is 4.90 Å². The highest BCUT2D eigenvalue weighted by atomic mass is 16.4. The Morgan fingerprint density at radius 1 is 1.44 bits per heavy atom. The van der Waals surface area contributed by atoms with Gasteiger partial charge in [-0.1, -0.05) is 26.2 Å². The molecule has 18 heavy (non-hydrogen) atoms. The number of aliphatic carboxylic acids is 1. The smallest absolute Gasteiger partial charge is 0.323 e. The van der Waals surface area contributed by atoms with Crippen LogP contribution < -0.4 is 5.32 Å². The quantitative estimate of drug-likeness (QED) is 0.679. The second kappa shape index (κ2) is 8.40. The van der Waals surface area contributed by atoms with Gasteiger partial charge in [0.05, 0.1) is 6.04 Å². The summed E-state index contributed by atoms with van der Waals surface area (Å²) in [6.45, 7) is 5.37. The maximum absolute atomic E-state index is 12.0. The number of carboxylic acid groups (broad SMARTS) is 1. The highest BCUT2D eigenvalue weighted by Crippen LogP contribution is 2.05. The van der Waals surface area contributed by atoms with Crippen molar-refractivity contribution >= 4 is 12.0 Å². The molecule has 5 heteroatoms. The molecule has 0 aromatic heterocycles. The number of amides is 2. The maximum atomic E-state index is 12.0. The molecule has 2 atom stereocenters. The zero-order chi connectivity index (χ0) is 14.1. The minimum atomic E-state index is -1.03. The molecule has 0 rings (SSSR count). The van der Waals surface area contributed by atoms with Crippen molar-refractivity contribution < 1.29 is 14.7 Å². The molecule has 0 saturated carbocycles. The van der Waals surface area contributed by atoms with Gasteiger partial charge in [0.2, 0.25) is 0 Å². The Morgan fingerprint density at radius 3 is 2.44 bits per heavy atom. The molecule has 5 nitrogen and oxygen atoms in total. The molecule has 0 fully saturated rings. The van der Waals surface area contributed by atoms with E-state index >= 15 is 0 Å². The Hall–Kier alpha value is -1.70. The summed E-state index contributed by atoms with van der Waals surface area (Å²) in [6.07, 6.45) is 7.55. The monoisotopic (exact) mass is 254 g/mol. The maximum Gasteiger partial charge on any atom is 0.323 e. The molecule has 2 unspecified atom stereocenters. The van der Waals surface area contributed by atoms with Crippen LogP contribution in [0.4, 0.5) is 4.79 Å². The minimum Gasteiger partial charge on any atom is -0.480 e. The van der Waals surface area contributed by atoms with Crippen LogP contribution in [0.3, 0.4) is 0 Å². The van der Waals surface area contributed by atoms with Crippen molar-refractivity contribution in [2.75, 3.05) is 6.54 Å².